The largest absolute Gasteiger partial charge is 0.480 e. The number of benzene rings is 1. The number of amides is 1. The Morgan fingerprint density at radius 1 is 1.38 bits per heavy atom. The highest BCUT2D eigenvalue weighted by molar-refractivity contribution is 5.89. The number of carboxylic acids is 1. The number of aliphatic carboxylic acids is 1. The van der Waals surface area contributed by atoms with Gasteiger partial charge in [0.25, 0.3) is 0 Å². The number of carbonyl (C=O) groups is 2. The molecule has 0 radical (unpaired) electrons. The summed E-state index contributed by atoms with van der Waals surface area (Å²) in [5.41, 5.74) is 0.924. The van der Waals surface area contributed by atoms with Crippen LogP contribution < -0.4 is 5.32 Å². The molecule has 1 aromatic carbocycles. The molecule has 2 aromatic rings. The number of fused-ring (bicyclic) bond motifs is 1. The minimum Gasteiger partial charge on any atom is -0.480 e. The van der Waals surface area contributed by atoms with E-state index in [-0.39, 0.29) is 12.5 Å². The van der Waals surface area contributed by atoms with E-state index < -0.39 is 23.8 Å². The molecule has 6 heteroatoms. The molecule has 1 amide bonds. The lowest BCUT2D eigenvalue weighted by Crippen LogP contribution is -2.38. The highest BCUT2D eigenvalue weighted by Gasteiger charge is 2.58. The van der Waals surface area contributed by atoms with Crippen LogP contribution in [0, 0.1) is 11.3 Å². The van der Waals surface area contributed by atoms with E-state index in [1.54, 1.807) is 6.20 Å². The number of hydrogen-bond acceptors (Lipinski definition) is 4. The van der Waals surface area contributed by atoms with E-state index in [1.165, 1.54) is 0 Å². The molecule has 3 rings (SSSR count). The number of pyridine rings is 1. The van der Waals surface area contributed by atoms with Crippen molar-refractivity contribution >= 4 is 28.9 Å². The third kappa shape index (κ3) is 3.14. The van der Waals surface area contributed by atoms with E-state index >= 15 is 0 Å². The molecule has 2 atom stereocenters. The van der Waals surface area contributed by atoms with Gasteiger partial charge < -0.3 is 15.5 Å². The Hall–Kier alpha value is -2.73. The van der Waals surface area contributed by atoms with Crippen LogP contribution in [0.25, 0.3) is 17.0 Å². The summed E-state index contributed by atoms with van der Waals surface area (Å²) in [5.74, 6) is -1.63. The zero-order chi connectivity index (χ0) is 17.2. The summed E-state index contributed by atoms with van der Waals surface area (Å²) in [6, 6.07) is 9.80. The van der Waals surface area contributed by atoms with Crippen LogP contribution in [0.1, 0.15) is 12.0 Å². The number of carbonyl (C=O) groups excluding carboxylic acids is 1. The maximum Gasteiger partial charge on any atom is 0.322 e. The van der Waals surface area contributed by atoms with Gasteiger partial charge in [-0.3, -0.25) is 14.6 Å². The number of rotatable bonds is 6. The zero-order valence-corrected chi connectivity index (χ0v) is 13.0. The number of allylic oxidation sites excluding steroid dienone is 1. The Balaban J connectivity index is 1.70. The molecular weight excluding hydrogens is 308 g/mol. The molecule has 1 saturated carbocycles. The first kappa shape index (κ1) is 16.1. The van der Waals surface area contributed by atoms with E-state index in [4.69, 9.17) is 5.11 Å². The first-order valence-electron chi connectivity index (χ1n) is 7.69. The molecule has 2 unspecified atom stereocenters. The van der Waals surface area contributed by atoms with Gasteiger partial charge in [0.2, 0.25) is 5.91 Å². The Bertz CT molecular complexity index is 818. The summed E-state index contributed by atoms with van der Waals surface area (Å²) in [4.78, 5) is 27.0. The molecule has 124 valence electrons. The van der Waals surface area contributed by atoms with E-state index in [2.05, 4.69) is 10.3 Å². The average molecular weight is 326 g/mol. The van der Waals surface area contributed by atoms with Gasteiger partial charge in [-0.1, -0.05) is 30.4 Å². The SMILES string of the molecule is O=C(O)CNC(=O)C1(CO)CC1/C=C/c1cnc2ccccc2c1. The highest BCUT2D eigenvalue weighted by Crippen LogP contribution is 2.53. The lowest BCUT2D eigenvalue weighted by Gasteiger charge is -2.12. The van der Waals surface area contributed by atoms with Crippen molar-refractivity contribution in [3.63, 3.8) is 0 Å². The Morgan fingerprint density at radius 3 is 2.92 bits per heavy atom. The zero-order valence-electron chi connectivity index (χ0n) is 13.0. The van der Waals surface area contributed by atoms with Gasteiger partial charge in [-0.15, -0.1) is 0 Å². The molecule has 1 fully saturated rings. The summed E-state index contributed by atoms with van der Waals surface area (Å²) in [6.07, 6.45) is 6.02. The first-order valence-corrected chi connectivity index (χ1v) is 7.69. The molecular formula is C18H18N2O4. The summed E-state index contributed by atoms with van der Waals surface area (Å²) in [5, 5.41) is 21.5. The van der Waals surface area contributed by atoms with Crippen molar-refractivity contribution in [1.29, 1.82) is 0 Å². The van der Waals surface area contributed by atoms with Crippen LogP contribution in [0.3, 0.4) is 0 Å². The molecule has 0 saturated heterocycles. The van der Waals surface area contributed by atoms with Gasteiger partial charge in [0.05, 0.1) is 17.5 Å². The van der Waals surface area contributed by atoms with Crippen LogP contribution in [0.2, 0.25) is 0 Å². The maximum atomic E-state index is 12.1. The predicted molar refractivity (Wildman–Crippen MR) is 89.0 cm³/mol. The second-order valence-corrected chi connectivity index (χ2v) is 6.02. The van der Waals surface area contributed by atoms with Crippen molar-refractivity contribution < 1.29 is 19.8 Å². The molecule has 6 nitrogen and oxygen atoms in total. The Morgan fingerprint density at radius 2 is 2.17 bits per heavy atom. The lowest BCUT2D eigenvalue weighted by molar-refractivity contribution is -0.139. The van der Waals surface area contributed by atoms with Gasteiger partial charge in [0.15, 0.2) is 0 Å². The van der Waals surface area contributed by atoms with Crippen LogP contribution in [0.4, 0.5) is 0 Å². The van der Waals surface area contributed by atoms with Crippen molar-refractivity contribution in [3.05, 3.63) is 48.2 Å². The fourth-order valence-electron chi connectivity index (χ4n) is 2.84. The monoisotopic (exact) mass is 326 g/mol. The van der Waals surface area contributed by atoms with Gasteiger partial charge in [-0.05, 0) is 30.0 Å². The second-order valence-electron chi connectivity index (χ2n) is 6.02. The molecule has 1 heterocycles. The highest BCUT2D eigenvalue weighted by atomic mass is 16.4. The smallest absolute Gasteiger partial charge is 0.322 e. The normalized spacial score (nSPS) is 22.6. The predicted octanol–water partition coefficient (Wildman–Crippen LogP) is 1.45. The number of hydrogen-bond donors (Lipinski definition) is 3. The van der Waals surface area contributed by atoms with Gasteiger partial charge in [0, 0.05) is 11.6 Å². The van der Waals surface area contributed by atoms with E-state index in [1.807, 2.05) is 42.5 Å². The molecule has 0 aliphatic heterocycles. The minimum absolute atomic E-state index is 0.109. The molecule has 1 aromatic heterocycles. The van der Waals surface area contributed by atoms with Gasteiger partial charge >= 0.3 is 5.97 Å². The Labute approximate surface area is 138 Å². The molecule has 3 N–H and O–H groups in total. The summed E-state index contributed by atoms with van der Waals surface area (Å²) in [7, 11) is 0. The van der Waals surface area contributed by atoms with Crippen LogP contribution in [-0.4, -0.2) is 40.2 Å². The summed E-state index contributed by atoms with van der Waals surface area (Å²) < 4.78 is 0. The molecule has 1 aliphatic carbocycles. The molecule has 0 bridgehead atoms. The topological polar surface area (TPSA) is 99.5 Å². The number of carboxylic acid groups (broad SMARTS) is 1. The number of nitrogens with zero attached hydrogens (tertiary/aromatic N) is 1. The third-order valence-electron chi connectivity index (χ3n) is 4.40. The van der Waals surface area contributed by atoms with Crippen LogP contribution in [0.15, 0.2) is 42.6 Å². The first-order chi connectivity index (χ1) is 11.5. The van der Waals surface area contributed by atoms with Crippen molar-refractivity contribution in [2.45, 2.75) is 6.42 Å². The van der Waals surface area contributed by atoms with Crippen molar-refractivity contribution in [1.82, 2.24) is 10.3 Å². The van der Waals surface area contributed by atoms with Crippen molar-refractivity contribution in [2.24, 2.45) is 11.3 Å². The van der Waals surface area contributed by atoms with Crippen LogP contribution in [0.5, 0.6) is 0 Å². The van der Waals surface area contributed by atoms with E-state index in [9.17, 15) is 14.7 Å². The van der Waals surface area contributed by atoms with Crippen LogP contribution >= 0.6 is 0 Å². The third-order valence-corrected chi connectivity index (χ3v) is 4.40. The molecule has 24 heavy (non-hydrogen) atoms. The van der Waals surface area contributed by atoms with Gasteiger partial charge in [-0.2, -0.15) is 0 Å². The molecule has 1 aliphatic rings. The van der Waals surface area contributed by atoms with Gasteiger partial charge in [0.1, 0.15) is 6.54 Å². The van der Waals surface area contributed by atoms with Gasteiger partial charge in [-0.25, -0.2) is 0 Å². The summed E-state index contributed by atoms with van der Waals surface area (Å²) >= 11 is 0. The fourth-order valence-corrected chi connectivity index (χ4v) is 2.84. The number of aliphatic hydroxyl groups excluding tert-OH is 1. The van der Waals surface area contributed by atoms with Crippen molar-refractivity contribution in [3.8, 4) is 0 Å². The fraction of sp³-hybridized carbons (Fsp3) is 0.278. The van der Waals surface area contributed by atoms with E-state index in [0.717, 1.165) is 16.5 Å². The standard InChI is InChI=1S/C18H18N2O4/c21-11-18(17(24)20-10-16(22)23)8-14(18)6-5-12-7-13-3-1-2-4-15(13)19-9-12/h1-7,9,14,21H,8,10-11H2,(H,20,24)(H,22,23)/b6-5+. The molecule has 0 spiro atoms. The lowest BCUT2D eigenvalue weighted by atomic mass is 10.0. The minimum atomic E-state index is -1.11. The maximum absolute atomic E-state index is 12.1. The average Bonchev–Trinajstić information content (AvgIpc) is 3.32. The number of aromatic nitrogens is 1. The Kier molecular flexibility index (Phi) is 4.31. The summed E-state index contributed by atoms with van der Waals surface area (Å²) in [6.45, 7) is -0.741. The van der Waals surface area contributed by atoms with E-state index in [0.29, 0.717) is 6.42 Å². The second kappa shape index (κ2) is 6.41. The quantitative estimate of drug-likeness (QED) is 0.746. The van der Waals surface area contributed by atoms with Crippen molar-refractivity contribution in [2.75, 3.05) is 13.2 Å². The van der Waals surface area contributed by atoms with Crippen LogP contribution in [-0.2, 0) is 9.59 Å². The number of para-hydroxylation sites is 1. The number of nitrogens with one attached hydrogen (secondary N) is 1. The number of aliphatic hydroxyl groups is 1.